The van der Waals surface area contributed by atoms with Crippen molar-refractivity contribution in [1.82, 2.24) is 0 Å². The van der Waals surface area contributed by atoms with E-state index in [2.05, 4.69) is 13.5 Å². The van der Waals surface area contributed by atoms with Crippen molar-refractivity contribution in [2.24, 2.45) is 17.3 Å². The number of benzene rings is 1. The number of ketones is 1. The molecule has 180 valence electrons. The van der Waals surface area contributed by atoms with Gasteiger partial charge in [0.1, 0.15) is 0 Å². The van der Waals surface area contributed by atoms with Gasteiger partial charge in [0.15, 0.2) is 15.6 Å². The van der Waals surface area contributed by atoms with Crippen molar-refractivity contribution < 1.29 is 17.9 Å². The van der Waals surface area contributed by atoms with E-state index in [0.717, 1.165) is 51.6 Å². The standard InChI is InChI=1S/C29H34O4S/c1-18-13-15-33-29(18)14-12-26-24-10-6-20-16-21(30)7-11-23(20)27(24)25(17-28(26,29)2)19-4-8-22(9-5-19)34(3,31)32/h4-5,8-9,16,24-26H,1,6-7,10-15,17H2,2-3H3/t24-,25+,26-,28-,29-/m0/s1. The summed E-state index contributed by atoms with van der Waals surface area (Å²) < 4.78 is 30.8. The SMILES string of the molecule is C=C1CCO[C@@]12CC[C@H]1[C@@H]3CCC4=CC(=O)CCC4=C3[C@@H](c3ccc(S(C)(=O)=O)cc3)C[C@@]12C. The topological polar surface area (TPSA) is 60.4 Å². The van der Waals surface area contributed by atoms with E-state index >= 15 is 0 Å². The van der Waals surface area contributed by atoms with Gasteiger partial charge in [-0.15, -0.1) is 0 Å². The Labute approximate surface area is 203 Å². The number of hydrogen-bond donors (Lipinski definition) is 0. The number of carbonyl (C=O) groups is 1. The normalized spacial score (nSPS) is 37.5. The molecule has 1 aromatic rings. The summed E-state index contributed by atoms with van der Waals surface area (Å²) >= 11 is 0. The quantitative estimate of drug-likeness (QED) is 0.511. The maximum Gasteiger partial charge on any atom is 0.175 e. The molecule has 1 aromatic carbocycles. The zero-order valence-electron chi connectivity index (χ0n) is 20.2. The van der Waals surface area contributed by atoms with Gasteiger partial charge < -0.3 is 4.74 Å². The van der Waals surface area contributed by atoms with E-state index in [0.29, 0.717) is 23.2 Å². The highest BCUT2D eigenvalue weighted by atomic mass is 32.2. The summed E-state index contributed by atoms with van der Waals surface area (Å²) in [5, 5.41) is 0. The van der Waals surface area contributed by atoms with Gasteiger partial charge in [-0.05, 0) is 97.3 Å². The lowest BCUT2D eigenvalue weighted by atomic mass is 9.50. The number of allylic oxidation sites excluding steroid dienone is 4. The van der Waals surface area contributed by atoms with E-state index in [4.69, 9.17) is 4.74 Å². The zero-order chi connectivity index (χ0) is 23.9. The van der Waals surface area contributed by atoms with Gasteiger partial charge in [-0.1, -0.05) is 31.2 Å². The van der Waals surface area contributed by atoms with Crippen LogP contribution in [0.4, 0.5) is 0 Å². The molecule has 0 N–H and O–H groups in total. The number of hydrogen-bond acceptors (Lipinski definition) is 4. The van der Waals surface area contributed by atoms with Crippen LogP contribution >= 0.6 is 0 Å². The van der Waals surface area contributed by atoms with Crippen molar-refractivity contribution in [3.8, 4) is 0 Å². The van der Waals surface area contributed by atoms with Crippen molar-refractivity contribution in [2.75, 3.05) is 12.9 Å². The van der Waals surface area contributed by atoms with Crippen LogP contribution in [-0.2, 0) is 19.4 Å². The lowest BCUT2D eigenvalue weighted by molar-refractivity contribution is -0.114. The molecule has 3 fully saturated rings. The average molecular weight is 479 g/mol. The van der Waals surface area contributed by atoms with Crippen molar-refractivity contribution in [3.05, 3.63) is 64.8 Å². The van der Waals surface area contributed by atoms with Gasteiger partial charge in [-0.2, -0.15) is 0 Å². The van der Waals surface area contributed by atoms with E-state index in [1.54, 1.807) is 12.1 Å². The van der Waals surface area contributed by atoms with Crippen LogP contribution in [0.15, 0.2) is 64.1 Å². The summed E-state index contributed by atoms with van der Waals surface area (Å²) in [5.41, 5.74) is 6.40. The first-order chi connectivity index (χ1) is 16.1. The highest BCUT2D eigenvalue weighted by Gasteiger charge is 2.65. The molecule has 5 atom stereocenters. The van der Waals surface area contributed by atoms with E-state index < -0.39 is 9.84 Å². The lowest BCUT2D eigenvalue weighted by Gasteiger charge is -2.55. The largest absolute Gasteiger partial charge is 0.370 e. The molecule has 1 saturated heterocycles. The van der Waals surface area contributed by atoms with Gasteiger partial charge in [0, 0.05) is 24.0 Å². The number of rotatable bonds is 2. The second-order valence-corrected chi connectivity index (χ2v) is 13.4. The molecule has 5 aliphatic rings. The highest BCUT2D eigenvalue weighted by Crippen LogP contribution is 2.70. The first-order valence-electron chi connectivity index (χ1n) is 12.7. The van der Waals surface area contributed by atoms with Crippen molar-refractivity contribution in [1.29, 1.82) is 0 Å². The van der Waals surface area contributed by atoms with E-state index in [1.807, 2.05) is 18.2 Å². The van der Waals surface area contributed by atoms with Crippen LogP contribution in [0.3, 0.4) is 0 Å². The van der Waals surface area contributed by atoms with Gasteiger partial charge >= 0.3 is 0 Å². The second-order valence-electron chi connectivity index (χ2n) is 11.4. The van der Waals surface area contributed by atoms with Crippen LogP contribution in [0.1, 0.15) is 69.8 Å². The van der Waals surface area contributed by atoms with Crippen LogP contribution < -0.4 is 0 Å². The van der Waals surface area contributed by atoms with Gasteiger partial charge in [-0.25, -0.2) is 8.42 Å². The Morgan fingerprint density at radius 3 is 2.50 bits per heavy atom. The molecule has 34 heavy (non-hydrogen) atoms. The highest BCUT2D eigenvalue weighted by molar-refractivity contribution is 7.90. The van der Waals surface area contributed by atoms with Crippen molar-refractivity contribution in [2.45, 2.75) is 74.7 Å². The molecular weight excluding hydrogens is 444 g/mol. The Balaban J connectivity index is 1.52. The Morgan fingerprint density at radius 2 is 1.82 bits per heavy atom. The minimum Gasteiger partial charge on any atom is -0.370 e. The van der Waals surface area contributed by atoms with Crippen LogP contribution in [0.25, 0.3) is 0 Å². The molecule has 6 rings (SSSR count). The third-order valence-electron chi connectivity index (χ3n) is 9.89. The molecule has 1 aliphatic heterocycles. The minimum absolute atomic E-state index is 0.00118. The number of sulfone groups is 1. The summed E-state index contributed by atoms with van der Waals surface area (Å²) in [6.45, 7) is 7.70. The molecule has 4 nitrogen and oxygen atoms in total. The Kier molecular flexibility index (Phi) is 4.96. The molecule has 5 heteroatoms. The summed E-state index contributed by atoms with van der Waals surface area (Å²) in [6.07, 6.45) is 10.8. The minimum atomic E-state index is -3.24. The number of ether oxygens (including phenoxy) is 1. The zero-order valence-corrected chi connectivity index (χ0v) is 21.0. The third-order valence-corrected chi connectivity index (χ3v) is 11.0. The summed E-state index contributed by atoms with van der Waals surface area (Å²) in [7, 11) is -3.24. The average Bonchev–Trinajstić information content (AvgIpc) is 3.32. The fraction of sp³-hybridized carbons (Fsp3) is 0.552. The van der Waals surface area contributed by atoms with Crippen molar-refractivity contribution in [3.63, 3.8) is 0 Å². The van der Waals surface area contributed by atoms with Gasteiger partial charge in [-0.3, -0.25) is 4.79 Å². The van der Waals surface area contributed by atoms with E-state index in [9.17, 15) is 13.2 Å². The monoisotopic (exact) mass is 478 g/mol. The molecule has 1 spiro atoms. The maximum atomic E-state index is 12.2. The van der Waals surface area contributed by atoms with Crippen LogP contribution in [0.2, 0.25) is 0 Å². The van der Waals surface area contributed by atoms with E-state index in [1.165, 1.54) is 34.1 Å². The summed E-state index contributed by atoms with van der Waals surface area (Å²) in [5.74, 6) is 1.49. The fourth-order valence-electron chi connectivity index (χ4n) is 8.36. The maximum absolute atomic E-state index is 12.2. The van der Waals surface area contributed by atoms with E-state index in [-0.39, 0.29) is 22.7 Å². The first-order valence-corrected chi connectivity index (χ1v) is 14.6. The summed E-state index contributed by atoms with van der Waals surface area (Å²) in [6, 6.07) is 7.57. The van der Waals surface area contributed by atoms with Crippen LogP contribution in [-0.4, -0.2) is 32.7 Å². The molecule has 0 bridgehead atoms. The number of fused-ring (bicyclic) bond motifs is 5. The van der Waals surface area contributed by atoms with Gasteiger partial charge in [0.25, 0.3) is 0 Å². The van der Waals surface area contributed by atoms with Crippen molar-refractivity contribution >= 4 is 15.6 Å². The predicted molar refractivity (Wildman–Crippen MR) is 132 cm³/mol. The molecule has 2 saturated carbocycles. The Bertz CT molecular complexity index is 1250. The smallest absolute Gasteiger partial charge is 0.175 e. The third kappa shape index (κ3) is 3.05. The second kappa shape index (κ2) is 7.51. The fourth-order valence-corrected chi connectivity index (χ4v) is 9.00. The Hall–Kier alpha value is -1.98. The first kappa shape index (κ1) is 22.5. The Morgan fingerprint density at radius 1 is 1.06 bits per heavy atom. The molecule has 4 aliphatic carbocycles. The molecular formula is C29H34O4S. The molecule has 0 unspecified atom stereocenters. The van der Waals surface area contributed by atoms with Gasteiger partial charge in [0.2, 0.25) is 0 Å². The van der Waals surface area contributed by atoms with Gasteiger partial charge in [0.05, 0.1) is 17.1 Å². The number of carbonyl (C=O) groups excluding carboxylic acids is 1. The molecule has 0 radical (unpaired) electrons. The van der Waals surface area contributed by atoms with Crippen LogP contribution in [0.5, 0.6) is 0 Å². The lowest BCUT2D eigenvalue weighted by Crippen LogP contribution is -2.52. The molecule has 1 heterocycles. The summed E-state index contributed by atoms with van der Waals surface area (Å²) in [4.78, 5) is 12.6. The molecule has 0 amide bonds. The van der Waals surface area contributed by atoms with Crippen LogP contribution in [0, 0.1) is 17.3 Å². The molecule has 0 aromatic heterocycles. The predicted octanol–water partition coefficient (Wildman–Crippen LogP) is 5.70.